The van der Waals surface area contributed by atoms with Crippen molar-refractivity contribution in [2.75, 3.05) is 4.90 Å². The molecule has 1 atom stereocenters. The Hall–Kier alpha value is -2.28. The quantitative estimate of drug-likeness (QED) is 0.816. The minimum atomic E-state index is -1.10. The molecule has 7 heteroatoms. The Bertz CT molecular complexity index is 740. The van der Waals surface area contributed by atoms with Crippen molar-refractivity contribution in [1.82, 2.24) is 4.98 Å². The van der Waals surface area contributed by atoms with Crippen LogP contribution >= 0.6 is 11.8 Å². The molecule has 0 aliphatic carbocycles. The van der Waals surface area contributed by atoms with Crippen molar-refractivity contribution in [3.05, 3.63) is 54.2 Å². The van der Waals surface area contributed by atoms with Crippen LogP contribution in [0.25, 0.3) is 0 Å². The molecule has 1 aromatic carbocycles. The van der Waals surface area contributed by atoms with Crippen molar-refractivity contribution in [1.29, 1.82) is 0 Å². The predicted octanol–water partition coefficient (Wildman–Crippen LogP) is 2.78. The summed E-state index contributed by atoms with van der Waals surface area (Å²) in [4.78, 5) is 29.4. The van der Waals surface area contributed by atoms with E-state index in [-0.39, 0.29) is 12.1 Å². The van der Waals surface area contributed by atoms with Crippen LogP contribution in [-0.2, 0) is 9.59 Å². The summed E-state index contributed by atoms with van der Waals surface area (Å²) in [5.74, 6) is -3.02. The van der Waals surface area contributed by atoms with Gasteiger partial charge < -0.3 is 0 Å². The lowest BCUT2D eigenvalue weighted by molar-refractivity contribution is -0.121. The Balaban J connectivity index is 1.83. The smallest absolute Gasteiger partial charge is 0.247 e. The molecule has 0 unspecified atom stereocenters. The standard InChI is InChI=1S/C15H10F2N2O2S/c16-10-5-4-9(7-11(10)17)19-14(20)8-12(15(19)21)22-13-3-1-2-6-18-13/h1-7,12H,8H2/t12-/m1/s1. The summed E-state index contributed by atoms with van der Waals surface area (Å²) in [5, 5.41) is 0.0105. The number of amides is 2. The van der Waals surface area contributed by atoms with Crippen molar-refractivity contribution in [2.24, 2.45) is 0 Å². The molecular formula is C15H10F2N2O2S. The van der Waals surface area contributed by atoms with E-state index in [1.54, 1.807) is 24.4 Å². The van der Waals surface area contributed by atoms with Gasteiger partial charge in [-0.25, -0.2) is 18.7 Å². The Morgan fingerprint density at radius 2 is 1.95 bits per heavy atom. The minimum absolute atomic E-state index is 0.000923. The maximum absolute atomic E-state index is 13.3. The fourth-order valence-electron chi connectivity index (χ4n) is 2.15. The largest absolute Gasteiger partial charge is 0.274 e. The molecule has 0 bridgehead atoms. The van der Waals surface area contributed by atoms with Crippen LogP contribution in [0.3, 0.4) is 0 Å². The molecule has 2 heterocycles. The number of hydrogen-bond acceptors (Lipinski definition) is 4. The van der Waals surface area contributed by atoms with Gasteiger partial charge in [0.2, 0.25) is 11.8 Å². The number of carbonyl (C=O) groups is 2. The fourth-order valence-corrected chi connectivity index (χ4v) is 3.16. The summed E-state index contributed by atoms with van der Waals surface area (Å²) in [7, 11) is 0. The molecule has 4 nitrogen and oxygen atoms in total. The van der Waals surface area contributed by atoms with Gasteiger partial charge in [-0.15, -0.1) is 0 Å². The topological polar surface area (TPSA) is 50.3 Å². The average molecular weight is 320 g/mol. The summed E-state index contributed by atoms with van der Waals surface area (Å²) < 4.78 is 26.3. The van der Waals surface area contributed by atoms with Crippen LogP contribution in [-0.4, -0.2) is 22.0 Å². The average Bonchev–Trinajstić information content (AvgIpc) is 2.78. The lowest BCUT2D eigenvalue weighted by Gasteiger charge is -2.15. The van der Waals surface area contributed by atoms with Crippen LogP contribution in [0.5, 0.6) is 0 Å². The van der Waals surface area contributed by atoms with Gasteiger partial charge in [-0.05, 0) is 24.3 Å². The number of benzene rings is 1. The molecule has 1 aromatic heterocycles. The molecule has 0 radical (unpaired) electrons. The molecule has 22 heavy (non-hydrogen) atoms. The van der Waals surface area contributed by atoms with E-state index < -0.39 is 28.7 Å². The first-order chi connectivity index (χ1) is 10.6. The van der Waals surface area contributed by atoms with E-state index in [0.717, 1.165) is 17.0 Å². The second-order valence-electron chi connectivity index (χ2n) is 4.64. The van der Waals surface area contributed by atoms with Crippen molar-refractivity contribution in [3.63, 3.8) is 0 Å². The summed E-state index contributed by atoms with van der Waals surface area (Å²) in [6, 6.07) is 8.22. The number of anilines is 1. The number of hydrogen-bond donors (Lipinski definition) is 0. The molecule has 1 saturated heterocycles. The molecule has 2 aromatic rings. The Labute approximate surface area is 129 Å². The van der Waals surface area contributed by atoms with Crippen LogP contribution in [0, 0.1) is 11.6 Å². The number of imide groups is 1. The highest BCUT2D eigenvalue weighted by molar-refractivity contribution is 8.00. The Morgan fingerprint density at radius 3 is 2.64 bits per heavy atom. The zero-order chi connectivity index (χ0) is 15.7. The van der Waals surface area contributed by atoms with Gasteiger partial charge in [0.05, 0.1) is 16.0 Å². The van der Waals surface area contributed by atoms with Crippen molar-refractivity contribution < 1.29 is 18.4 Å². The van der Waals surface area contributed by atoms with E-state index >= 15 is 0 Å². The highest BCUT2D eigenvalue weighted by Crippen LogP contribution is 2.33. The lowest BCUT2D eigenvalue weighted by Crippen LogP contribution is -2.31. The minimum Gasteiger partial charge on any atom is -0.274 e. The van der Waals surface area contributed by atoms with Crippen LogP contribution in [0.4, 0.5) is 14.5 Å². The van der Waals surface area contributed by atoms with Crippen molar-refractivity contribution in [3.8, 4) is 0 Å². The maximum Gasteiger partial charge on any atom is 0.247 e. The number of nitrogens with zero attached hydrogens (tertiary/aromatic N) is 2. The van der Waals surface area contributed by atoms with Crippen LogP contribution < -0.4 is 4.90 Å². The second-order valence-corrected chi connectivity index (χ2v) is 5.87. The zero-order valence-corrected chi connectivity index (χ0v) is 12.0. The van der Waals surface area contributed by atoms with Gasteiger partial charge >= 0.3 is 0 Å². The predicted molar refractivity (Wildman–Crippen MR) is 77.4 cm³/mol. The van der Waals surface area contributed by atoms with E-state index in [4.69, 9.17) is 0 Å². The lowest BCUT2D eigenvalue weighted by atomic mass is 10.3. The summed E-state index contributed by atoms with van der Waals surface area (Å²) in [5.41, 5.74) is 0.0398. The first kappa shape index (κ1) is 14.6. The summed E-state index contributed by atoms with van der Waals surface area (Å²) in [6.45, 7) is 0. The monoisotopic (exact) mass is 320 g/mol. The van der Waals surface area contributed by atoms with Crippen LogP contribution in [0.2, 0.25) is 0 Å². The van der Waals surface area contributed by atoms with Gasteiger partial charge in [-0.2, -0.15) is 0 Å². The number of aromatic nitrogens is 1. The molecule has 112 valence electrons. The number of carbonyl (C=O) groups excluding carboxylic acids is 2. The number of thioether (sulfide) groups is 1. The van der Waals surface area contributed by atoms with E-state index in [9.17, 15) is 18.4 Å². The van der Waals surface area contributed by atoms with E-state index in [2.05, 4.69) is 4.98 Å². The molecule has 1 aliphatic heterocycles. The summed E-state index contributed by atoms with van der Waals surface area (Å²) >= 11 is 1.18. The molecule has 0 saturated carbocycles. The molecule has 1 fully saturated rings. The van der Waals surface area contributed by atoms with Crippen molar-refractivity contribution >= 4 is 29.3 Å². The van der Waals surface area contributed by atoms with E-state index in [0.29, 0.717) is 5.03 Å². The van der Waals surface area contributed by atoms with Crippen LogP contribution in [0.1, 0.15) is 6.42 Å². The third-order valence-electron chi connectivity index (χ3n) is 3.17. The first-order valence-corrected chi connectivity index (χ1v) is 7.34. The fraction of sp³-hybridized carbons (Fsp3) is 0.133. The third-order valence-corrected chi connectivity index (χ3v) is 4.30. The highest BCUT2D eigenvalue weighted by atomic mass is 32.2. The van der Waals surface area contributed by atoms with E-state index in [1.165, 1.54) is 17.8 Å². The summed E-state index contributed by atoms with van der Waals surface area (Å²) in [6.07, 6.45) is 1.59. The normalized spacial score (nSPS) is 18.1. The van der Waals surface area contributed by atoms with Gasteiger partial charge in [-0.1, -0.05) is 17.8 Å². The van der Waals surface area contributed by atoms with Gasteiger partial charge in [0.1, 0.15) is 0 Å². The van der Waals surface area contributed by atoms with Gasteiger partial charge in [-0.3, -0.25) is 9.59 Å². The first-order valence-electron chi connectivity index (χ1n) is 6.46. The van der Waals surface area contributed by atoms with Crippen LogP contribution in [0.15, 0.2) is 47.6 Å². The van der Waals surface area contributed by atoms with E-state index in [1.807, 2.05) is 0 Å². The molecule has 0 spiro atoms. The molecule has 0 N–H and O–H groups in total. The molecule has 3 rings (SSSR count). The number of rotatable bonds is 3. The molecular weight excluding hydrogens is 310 g/mol. The van der Waals surface area contributed by atoms with Gasteiger partial charge in [0.25, 0.3) is 0 Å². The molecule has 1 aliphatic rings. The highest BCUT2D eigenvalue weighted by Gasteiger charge is 2.40. The third kappa shape index (κ3) is 2.71. The number of pyridine rings is 1. The Kier molecular flexibility index (Phi) is 3.89. The second kappa shape index (κ2) is 5.84. The Morgan fingerprint density at radius 1 is 1.14 bits per heavy atom. The maximum atomic E-state index is 13.3. The van der Waals surface area contributed by atoms with Gasteiger partial charge in [0.15, 0.2) is 11.6 Å². The number of halogens is 2. The zero-order valence-electron chi connectivity index (χ0n) is 11.2. The molecule has 2 amide bonds. The van der Waals surface area contributed by atoms with Crippen molar-refractivity contribution in [2.45, 2.75) is 16.7 Å². The SMILES string of the molecule is O=C1C[C@@H](Sc2ccccn2)C(=O)N1c1ccc(F)c(F)c1. The van der Waals surface area contributed by atoms with Gasteiger partial charge in [0, 0.05) is 18.7 Å².